The number of nitrogens with one attached hydrogen (secondary N) is 1. The molecule has 4 nitrogen and oxygen atoms in total. The van der Waals surface area contributed by atoms with Crippen LogP contribution in [-0.2, 0) is 0 Å². The molecule has 1 heterocycles. The van der Waals surface area contributed by atoms with E-state index in [9.17, 15) is 4.79 Å². The molecule has 2 aromatic rings. The van der Waals surface area contributed by atoms with Gasteiger partial charge in [0.15, 0.2) is 5.69 Å². The van der Waals surface area contributed by atoms with Gasteiger partial charge in [0.1, 0.15) is 5.82 Å². The Morgan fingerprint density at radius 2 is 1.89 bits per heavy atom. The lowest BCUT2D eigenvalue weighted by Crippen LogP contribution is -2.04. The van der Waals surface area contributed by atoms with E-state index in [1.165, 1.54) is 6.07 Å². The van der Waals surface area contributed by atoms with Gasteiger partial charge in [-0.15, -0.1) is 0 Å². The molecule has 0 aliphatic rings. The lowest BCUT2D eigenvalue weighted by molar-refractivity contribution is 0.0690. The van der Waals surface area contributed by atoms with E-state index in [4.69, 9.17) is 5.11 Å². The highest BCUT2D eigenvalue weighted by molar-refractivity contribution is 9.10. The summed E-state index contributed by atoms with van der Waals surface area (Å²) in [5.41, 5.74) is 3.10. The molecule has 19 heavy (non-hydrogen) atoms. The average molecular weight is 321 g/mol. The fraction of sp³-hybridized carbons (Fsp3) is 0.143. The summed E-state index contributed by atoms with van der Waals surface area (Å²) in [5, 5.41) is 12.1. The van der Waals surface area contributed by atoms with Crippen LogP contribution in [-0.4, -0.2) is 16.1 Å². The van der Waals surface area contributed by atoms with Crippen LogP contribution in [0.2, 0.25) is 0 Å². The quantitative estimate of drug-likeness (QED) is 0.900. The van der Waals surface area contributed by atoms with E-state index in [1.54, 1.807) is 12.1 Å². The summed E-state index contributed by atoms with van der Waals surface area (Å²) < 4.78 is 1.01. The Morgan fingerprint density at radius 3 is 2.47 bits per heavy atom. The van der Waals surface area contributed by atoms with Crippen LogP contribution in [0, 0.1) is 13.8 Å². The molecule has 0 atom stereocenters. The van der Waals surface area contributed by atoms with Gasteiger partial charge in [-0.3, -0.25) is 0 Å². The Balaban J connectivity index is 2.36. The zero-order valence-corrected chi connectivity index (χ0v) is 12.2. The summed E-state index contributed by atoms with van der Waals surface area (Å²) in [4.78, 5) is 14.9. The molecule has 0 fully saturated rings. The average Bonchev–Trinajstić information content (AvgIpc) is 2.34. The van der Waals surface area contributed by atoms with Crippen LogP contribution in [0.5, 0.6) is 0 Å². The summed E-state index contributed by atoms with van der Waals surface area (Å²) >= 11 is 3.44. The van der Waals surface area contributed by atoms with E-state index < -0.39 is 5.97 Å². The first-order valence-corrected chi connectivity index (χ1v) is 6.51. The van der Waals surface area contributed by atoms with Crippen molar-refractivity contribution in [1.82, 2.24) is 4.98 Å². The predicted molar refractivity (Wildman–Crippen MR) is 78.1 cm³/mol. The number of carbonyl (C=O) groups is 1. The van der Waals surface area contributed by atoms with Gasteiger partial charge in [0.2, 0.25) is 0 Å². The van der Waals surface area contributed by atoms with Crippen molar-refractivity contribution >= 4 is 33.4 Å². The normalized spacial score (nSPS) is 10.3. The molecular weight excluding hydrogens is 308 g/mol. The number of nitrogens with zero attached hydrogens (tertiary/aromatic N) is 1. The number of aromatic carboxylic acids is 1. The molecule has 0 saturated carbocycles. The number of carboxylic acid groups (broad SMARTS) is 1. The van der Waals surface area contributed by atoms with E-state index in [2.05, 4.69) is 26.2 Å². The Morgan fingerprint density at radius 1 is 1.26 bits per heavy atom. The fourth-order valence-electron chi connectivity index (χ4n) is 1.86. The van der Waals surface area contributed by atoms with Crippen molar-refractivity contribution in [3.63, 3.8) is 0 Å². The van der Waals surface area contributed by atoms with Crippen molar-refractivity contribution in [1.29, 1.82) is 0 Å². The van der Waals surface area contributed by atoms with Gasteiger partial charge in [0.05, 0.1) is 0 Å². The lowest BCUT2D eigenvalue weighted by atomic mass is 10.1. The van der Waals surface area contributed by atoms with E-state index in [-0.39, 0.29) is 5.69 Å². The maximum absolute atomic E-state index is 10.9. The van der Waals surface area contributed by atoms with E-state index in [0.29, 0.717) is 5.82 Å². The van der Waals surface area contributed by atoms with Crippen LogP contribution in [0.4, 0.5) is 11.5 Å². The summed E-state index contributed by atoms with van der Waals surface area (Å²) in [6, 6.07) is 8.87. The molecule has 0 amide bonds. The molecule has 0 spiro atoms. The van der Waals surface area contributed by atoms with Crippen LogP contribution < -0.4 is 5.32 Å². The van der Waals surface area contributed by atoms with Gasteiger partial charge < -0.3 is 10.4 Å². The molecule has 0 saturated heterocycles. The number of halogens is 1. The third-order valence-electron chi connectivity index (χ3n) is 2.72. The maximum Gasteiger partial charge on any atom is 0.354 e. The van der Waals surface area contributed by atoms with Gasteiger partial charge in [0.25, 0.3) is 0 Å². The number of pyridine rings is 1. The molecule has 1 aromatic heterocycles. The van der Waals surface area contributed by atoms with E-state index in [0.717, 1.165) is 21.3 Å². The van der Waals surface area contributed by atoms with E-state index >= 15 is 0 Å². The number of anilines is 2. The first kappa shape index (κ1) is 13.5. The van der Waals surface area contributed by atoms with Gasteiger partial charge in [-0.25, -0.2) is 9.78 Å². The van der Waals surface area contributed by atoms with Crippen molar-refractivity contribution < 1.29 is 9.90 Å². The van der Waals surface area contributed by atoms with Crippen LogP contribution in [0.25, 0.3) is 0 Å². The number of aromatic nitrogens is 1. The molecule has 0 bridgehead atoms. The lowest BCUT2D eigenvalue weighted by Gasteiger charge is -2.13. The topological polar surface area (TPSA) is 62.2 Å². The summed E-state index contributed by atoms with van der Waals surface area (Å²) in [6.45, 7) is 3.97. The van der Waals surface area contributed by atoms with Crippen molar-refractivity contribution in [2.75, 3.05) is 5.32 Å². The third-order valence-corrected chi connectivity index (χ3v) is 3.18. The number of carboxylic acids is 1. The fourth-order valence-corrected chi connectivity index (χ4v) is 2.55. The van der Waals surface area contributed by atoms with Gasteiger partial charge in [0, 0.05) is 10.2 Å². The summed E-state index contributed by atoms with van der Waals surface area (Å²) in [7, 11) is 0. The Hall–Kier alpha value is -1.88. The van der Waals surface area contributed by atoms with Crippen LogP contribution in [0.3, 0.4) is 0 Å². The highest BCUT2D eigenvalue weighted by Gasteiger charge is 2.08. The largest absolute Gasteiger partial charge is 0.477 e. The summed E-state index contributed by atoms with van der Waals surface area (Å²) in [6.07, 6.45) is 0. The smallest absolute Gasteiger partial charge is 0.354 e. The second-order valence-electron chi connectivity index (χ2n) is 4.25. The number of hydrogen-bond acceptors (Lipinski definition) is 3. The van der Waals surface area contributed by atoms with Crippen molar-refractivity contribution in [3.8, 4) is 0 Å². The summed E-state index contributed by atoms with van der Waals surface area (Å²) in [5.74, 6) is -0.513. The zero-order valence-electron chi connectivity index (χ0n) is 10.6. The highest BCUT2D eigenvalue weighted by Crippen LogP contribution is 2.27. The monoisotopic (exact) mass is 320 g/mol. The highest BCUT2D eigenvalue weighted by atomic mass is 79.9. The van der Waals surface area contributed by atoms with Crippen molar-refractivity contribution in [2.45, 2.75) is 13.8 Å². The van der Waals surface area contributed by atoms with Crippen LogP contribution in [0.1, 0.15) is 21.6 Å². The van der Waals surface area contributed by atoms with Crippen molar-refractivity contribution in [2.24, 2.45) is 0 Å². The van der Waals surface area contributed by atoms with Gasteiger partial charge >= 0.3 is 5.97 Å². The number of rotatable bonds is 3. The Kier molecular flexibility index (Phi) is 3.85. The molecule has 2 rings (SSSR count). The SMILES string of the molecule is Cc1cc(Br)cc(C)c1Nc1cccc(C(=O)O)n1. The standard InChI is InChI=1S/C14H13BrN2O2/c1-8-6-10(15)7-9(2)13(8)17-12-5-3-4-11(16-12)14(18)19/h3-7H,1-2H3,(H,16,17)(H,18,19). The number of benzene rings is 1. The van der Waals surface area contributed by atoms with Crippen molar-refractivity contribution in [3.05, 3.63) is 51.6 Å². The molecule has 1 aromatic carbocycles. The minimum Gasteiger partial charge on any atom is -0.477 e. The molecule has 0 aliphatic heterocycles. The maximum atomic E-state index is 10.9. The Labute approximate surface area is 119 Å². The molecule has 5 heteroatoms. The first-order chi connectivity index (χ1) is 8.97. The molecule has 0 unspecified atom stereocenters. The van der Waals surface area contributed by atoms with Crippen LogP contribution >= 0.6 is 15.9 Å². The van der Waals surface area contributed by atoms with Gasteiger partial charge in [-0.05, 0) is 49.2 Å². The number of hydrogen-bond donors (Lipinski definition) is 2. The minimum atomic E-state index is -1.03. The first-order valence-electron chi connectivity index (χ1n) is 5.71. The number of aryl methyl sites for hydroxylation is 2. The molecule has 0 radical (unpaired) electrons. The van der Waals surface area contributed by atoms with Crippen LogP contribution in [0.15, 0.2) is 34.8 Å². The zero-order chi connectivity index (χ0) is 14.0. The second kappa shape index (κ2) is 5.40. The van der Waals surface area contributed by atoms with Gasteiger partial charge in [-0.2, -0.15) is 0 Å². The minimum absolute atomic E-state index is 0.0254. The second-order valence-corrected chi connectivity index (χ2v) is 5.17. The molecule has 98 valence electrons. The Bertz CT molecular complexity index is 618. The molecular formula is C14H13BrN2O2. The van der Waals surface area contributed by atoms with Gasteiger partial charge in [-0.1, -0.05) is 22.0 Å². The molecule has 2 N–H and O–H groups in total. The van der Waals surface area contributed by atoms with E-state index in [1.807, 2.05) is 26.0 Å². The predicted octanol–water partition coefficient (Wildman–Crippen LogP) is 3.90. The third kappa shape index (κ3) is 3.12. The molecule has 0 aliphatic carbocycles.